The molecule has 0 aliphatic rings. The van der Waals surface area contributed by atoms with E-state index in [1.54, 1.807) is 0 Å². The largest absolute Gasteiger partial charge is 0.0654 e. The van der Waals surface area contributed by atoms with Crippen molar-refractivity contribution in [2.24, 2.45) is 29.6 Å². The number of hydrogen-bond acceptors (Lipinski definition) is 0. The van der Waals surface area contributed by atoms with Crippen LogP contribution < -0.4 is 0 Å². The van der Waals surface area contributed by atoms with Crippen LogP contribution in [0.2, 0.25) is 0 Å². The molecule has 0 aromatic heterocycles. The van der Waals surface area contributed by atoms with Crippen molar-refractivity contribution in [3.05, 3.63) is 0 Å². The molecule has 218 valence electrons. The van der Waals surface area contributed by atoms with Crippen molar-refractivity contribution in [2.45, 2.75) is 203 Å². The first-order valence-corrected chi connectivity index (χ1v) is 17.5. The Bertz CT molecular complexity index is 412. The molecule has 0 saturated carbocycles. The Labute approximate surface area is 232 Å². The van der Waals surface area contributed by atoms with Crippen molar-refractivity contribution in [2.75, 3.05) is 0 Å². The lowest BCUT2D eigenvalue weighted by Gasteiger charge is -2.33. The van der Waals surface area contributed by atoms with Crippen LogP contribution >= 0.6 is 0 Å². The third-order valence-electron chi connectivity index (χ3n) is 9.43. The van der Waals surface area contributed by atoms with Crippen molar-refractivity contribution in [3.63, 3.8) is 0 Å². The summed E-state index contributed by atoms with van der Waals surface area (Å²) < 4.78 is 0. The van der Waals surface area contributed by atoms with Crippen LogP contribution in [0.1, 0.15) is 203 Å². The van der Waals surface area contributed by atoms with E-state index >= 15 is 0 Å². The average molecular weight is 507 g/mol. The molecule has 0 N–H and O–H groups in total. The first-order valence-electron chi connectivity index (χ1n) is 17.5. The molecule has 0 aromatic carbocycles. The molecule has 0 nitrogen and oxygen atoms in total. The lowest BCUT2D eigenvalue weighted by molar-refractivity contribution is 0.174. The fraction of sp³-hybridized carbons (Fsp3) is 1.00. The summed E-state index contributed by atoms with van der Waals surface area (Å²) in [6, 6.07) is 0. The third-order valence-corrected chi connectivity index (χ3v) is 9.43. The van der Waals surface area contributed by atoms with E-state index in [0.29, 0.717) is 0 Å². The Balaban J connectivity index is 5.11. The second kappa shape index (κ2) is 26.6. The minimum atomic E-state index is 0.916. The summed E-state index contributed by atoms with van der Waals surface area (Å²) in [5, 5.41) is 0. The highest BCUT2D eigenvalue weighted by atomic mass is 14.3. The van der Waals surface area contributed by atoms with Gasteiger partial charge in [0.2, 0.25) is 0 Å². The van der Waals surface area contributed by atoms with Gasteiger partial charge in [-0.05, 0) is 42.4 Å². The molecule has 0 fully saturated rings. The lowest BCUT2D eigenvalue weighted by Crippen LogP contribution is -2.23. The monoisotopic (exact) mass is 507 g/mol. The first kappa shape index (κ1) is 36.0. The molecular formula is C36H74. The van der Waals surface area contributed by atoms with Gasteiger partial charge in [0.1, 0.15) is 0 Å². The van der Waals surface area contributed by atoms with Crippen molar-refractivity contribution < 1.29 is 0 Å². The van der Waals surface area contributed by atoms with E-state index in [1.165, 1.54) is 154 Å². The van der Waals surface area contributed by atoms with E-state index in [2.05, 4.69) is 48.5 Å². The minimum absolute atomic E-state index is 0.916. The molecule has 0 aliphatic carbocycles. The van der Waals surface area contributed by atoms with Gasteiger partial charge in [0, 0.05) is 0 Å². The summed E-state index contributed by atoms with van der Waals surface area (Å²) >= 11 is 0. The predicted octanol–water partition coefficient (Wildman–Crippen LogP) is 13.6. The number of unbranched alkanes of at least 4 members (excludes halogenated alkanes) is 14. The van der Waals surface area contributed by atoms with Gasteiger partial charge in [0.25, 0.3) is 0 Å². The van der Waals surface area contributed by atoms with E-state index in [0.717, 1.165) is 29.6 Å². The first-order chi connectivity index (χ1) is 17.5. The third kappa shape index (κ3) is 21.0. The van der Waals surface area contributed by atoms with Gasteiger partial charge in [-0.3, -0.25) is 0 Å². The molecule has 0 aliphatic heterocycles. The van der Waals surface area contributed by atoms with Crippen LogP contribution in [-0.2, 0) is 0 Å². The van der Waals surface area contributed by atoms with E-state index in [4.69, 9.17) is 0 Å². The molecule has 5 unspecified atom stereocenters. The molecule has 0 saturated heterocycles. The van der Waals surface area contributed by atoms with E-state index in [-0.39, 0.29) is 0 Å². The standard InChI is InChI=1S/C36H74/c1-8-12-16-20-21-25-29-35(33(6)27-23-18-14-10-3)31-36(34(7)28-24-19-15-11-4)30-32(5)26-22-17-13-9-2/h32-36H,8-31H2,1-7H3. The smallest absolute Gasteiger partial charge is 0.0383 e. The van der Waals surface area contributed by atoms with Crippen LogP contribution in [0.3, 0.4) is 0 Å². The summed E-state index contributed by atoms with van der Waals surface area (Å²) in [4.78, 5) is 0. The van der Waals surface area contributed by atoms with Gasteiger partial charge in [-0.25, -0.2) is 0 Å². The van der Waals surface area contributed by atoms with Crippen LogP contribution in [0.5, 0.6) is 0 Å². The number of rotatable bonds is 28. The normalized spacial score (nSPS) is 16.1. The summed E-state index contributed by atoms with van der Waals surface area (Å²) in [6.45, 7) is 17.2. The van der Waals surface area contributed by atoms with Gasteiger partial charge in [-0.15, -0.1) is 0 Å². The highest BCUT2D eigenvalue weighted by Gasteiger charge is 2.26. The van der Waals surface area contributed by atoms with Crippen LogP contribution in [0, 0.1) is 29.6 Å². The zero-order valence-corrected chi connectivity index (χ0v) is 26.9. The van der Waals surface area contributed by atoms with Crippen molar-refractivity contribution in [1.29, 1.82) is 0 Å². The molecule has 5 atom stereocenters. The Kier molecular flexibility index (Phi) is 26.6. The summed E-state index contributed by atoms with van der Waals surface area (Å²) in [5.74, 6) is 4.68. The summed E-state index contributed by atoms with van der Waals surface area (Å²) in [5.41, 5.74) is 0. The maximum Gasteiger partial charge on any atom is -0.0383 e. The summed E-state index contributed by atoms with van der Waals surface area (Å²) in [7, 11) is 0. The molecular weight excluding hydrogens is 432 g/mol. The topological polar surface area (TPSA) is 0 Å². The van der Waals surface area contributed by atoms with Gasteiger partial charge in [0.05, 0.1) is 0 Å². The lowest BCUT2D eigenvalue weighted by atomic mass is 9.72. The number of hydrogen-bond donors (Lipinski definition) is 0. The molecule has 0 spiro atoms. The molecule has 36 heavy (non-hydrogen) atoms. The van der Waals surface area contributed by atoms with E-state index in [9.17, 15) is 0 Å². The van der Waals surface area contributed by atoms with Gasteiger partial charge in [-0.1, -0.05) is 190 Å². The van der Waals surface area contributed by atoms with Crippen molar-refractivity contribution in [1.82, 2.24) is 0 Å². The molecule has 0 heterocycles. The van der Waals surface area contributed by atoms with Gasteiger partial charge < -0.3 is 0 Å². The highest BCUT2D eigenvalue weighted by molar-refractivity contribution is 4.77. The maximum atomic E-state index is 2.63. The highest BCUT2D eigenvalue weighted by Crippen LogP contribution is 2.37. The Hall–Kier alpha value is 0. The minimum Gasteiger partial charge on any atom is -0.0654 e. The van der Waals surface area contributed by atoms with Gasteiger partial charge in [0.15, 0.2) is 0 Å². The summed E-state index contributed by atoms with van der Waals surface area (Å²) in [6.07, 6.45) is 34.8. The fourth-order valence-electron chi connectivity index (χ4n) is 6.58. The zero-order valence-electron chi connectivity index (χ0n) is 26.9. The van der Waals surface area contributed by atoms with Gasteiger partial charge >= 0.3 is 0 Å². The maximum absolute atomic E-state index is 2.63. The van der Waals surface area contributed by atoms with E-state index < -0.39 is 0 Å². The molecule has 0 radical (unpaired) electrons. The van der Waals surface area contributed by atoms with Crippen LogP contribution in [0.15, 0.2) is 0 Å². The quantitative estimate of drug-likeness (QED) is 0.0925. The molecule has 0 heteroatoms. The predicted molar refractivity (Wildman–Crippen MR) is 168 cm³/mol. The van der Waals surface area contributed by atoms with Crippen molar-refractivity contribution in [3.8, 4) is 0 Å². The van der Waals surface area contributed by atoms with Crippen molar-refractivity contribution >= 4 is 0 Å². The fourth-order valence-corrected chi connectivity index (χ4v) is 6.58. The van der Waals surface area contributed by atoms with Crippen LogP contribution in [-0.4, -0.2) is 0 Å². The second-order valence-electron chi connectivity index (χ2n) is 13.2. The average Bonchev–Trinajstić information content (AvgIpc) is 2.87. The Morgan fingerprint density at radius 2 is 0.694 bits per heavy atom. The Morgan fingerprint density at radius 3 is 1.19 bits per heavy atom. The molecule has 0 amide bonds. The van der Waals surface area contributed by atoms with Crippen LogP contribution in [0.4, 0.5) is 0 Å². The molecule has 0 bridgehead atoms. The second-order valence-corrected chi connectivity index (χ2v) is 13.2. The van der Waals surface area contributed by atoms with E-state index in [1.807, 2.05) is 0 Å². The SMILES string of the molecule is CCCCCCCCC(CC(CC(C)CCCCCC)C(C)CCCCCC)C(C)CCCCCC. The van der Waals surface area contributed by atoms with Gasteiger partial charge in [-0.2, -0.15) is 0 Å². The Morgan fingerprint density at radius 1 is 0.333 bits per heavy atom. The zero-order chi connectivity index (χ0) is 26.9. The van der Waals surface area contributed by atoms with Crippen LogP contribution in [0.25, 0.3) is 0 Å². The molecule has 0 aromatic rings. The molecule has 0 rings (SSSR count).